The molecule has 104 valence electrons. The van der Waals surface area contributed by atoms with Crippen LogP contribution >= 0.6 is 0 Å². The summed E-state index contributed by atoms with van der Waals surface area (Å²) in [6.07, 6.45) is 2.54. The number of sulfone groups is 1. The minimum absolute atomic E-state index is 0.201. The van der Waals surface area contributed by atoms with Crippen LogP contribution in [-0.4, -0.2) is 44.4 Å². The summed E-state index contributed by atoms with van der Waals surface area (Å²) in [6, 6.07) is 7.74. The fourth-order valence-electron chi connectivity index (χ4n) is 2.34. The van der Waals surface area contributed by atoms with Crippen LogP contribution in [0.4, 0.5) is 5.69 Å². The average Bonchev–Trinajstić information content (AvgIpc) is 2.37. The van der Waals surface area contributed by atoms with Gasteiger partial charge < -0.3 is 10.1 Å². The molecule has 6 heteroatoms. The lowest BCUT2D eigenvalue weighted by Crippen LogP contribution is -2.33. The van der Waals surface area contributed by atoms with Crippen LogP contribution in [0.3, 0.4) is 0 Å². The molecule has 1 aromatic rings. The van der Waals surface area contributed by atoms with Crippen molar-refractivity contribution >= 4 is 21.2 Å². The van der Waals surface area contributed by atoms with Gasteiger partial charge in [-0.2, -0.15) is 0 Å². The van der Waals surface area contributed by atoms with Crippen LogP contribution in [0.15, 0.2) is 29.4 Å². The lowest BCUT2D eigenvalue weighted by atomic mass is 9.99. The lowest BCUT2D eigenvalue weighted by molar-refractivity contribution is 0.317. The molecule has 1 heterocycles. The quantitative estimate of drug-likeness (QED) is 0.671. The van der Waals surface area contributed by atoms with E-state index in [2.05, 4.69) is 10.1 Å². The molecule has 0 bridgehead atoms. The van der Waals surface area contributed by atoms with Crippen molar-refractivity contribution in [3.8, 4) is 0 Å². The Kier molecular flexibility index (Phi) is 4.09. The number of rotatable bonds is 4. The van der Waals surface area contributed by atoms with E-state index in [9.17, 15) is 8.42 Å². The summed E-state index contributed by atoms with van der Waals surface area (Å²) >= 11 is 0. The van der Waals surface area contributed by atoms with Gasteiger partial charge in [0.25, 0.3) is 0 Å². The number of hydrogen-bond acceptors (Lipinski definition) is 5. The molecule has 0 spiro atoms. The van der Waals surface area contributed by atoms with E-state index in [-0.39, 0.29) is 5.75 Å². The standard InChI is InChI=1S/C13H18N2O3S/c1-19(17,18)10-4-8-15-9-7-12(14-16)11-5-2-3-6-13(11)15/h2-3,5-6,16H,4,7-10H2,1H3. The molecule has 1 aliphatic heterocycles. The Hall–Kier alpha value is -1.56. The molecule has 0 fully saturated rings. The number of hydrogen-bond donors (Lipinski definition) is 1. The van der Waals surface area contributed by atoms with Crippen LogP contribution in [0, 0.1) is 0 Å². The van der Waals surface area contributed by atoms with E-state index >= 15 is 0 Å². The van der Waals surface area contributed by atoms with Crippen LogP contribution < -0.4 is 4.90 Å². The number of benzene rings is 1. The summed E-state index contributed by atoms with van der Waals surface area (Å²) in [7, 11) is -2.91. The van der Waals surface area contributed by atoms with Crippen molar-refractivity contribution < 1.29 is 13.6 Å². The highest BCUT2D eigenvalue weighted by Gasteiger charge is 2.21. The maximum atomic E-state index is 11.1. The normalized spacial score (nSPS) is 17.5. The minimum atomic E-state index is -2.91. The van der Waals surface area contributed by atoms with Gasteiger partial charge in [0.1, 0.15) is 9.84 Å². The number of para-hydroxylation sites is 1. The second-order valence-electron chi connectivity index (χ2n) is 4.78. The fraction of sp³-hybridized carbons (Fsp3) is 0.462. The van der Waals surface area contributed by atoms with Gasteiger partial charge >= 0.3 is 0 Å². The molecular weight excluding hydrogens is 264 g/mol. The summed E-state index contributed by atoms with van der Waals surface area (Å²) in [4.78, 5) is 2.15. The topological polar surface area (TPSA) is 70.0 Å². The van der Waals surface area contributed by atoms with Crippen molar-refractivity contribution in [1.82, 2.24) is 0 Å². The number of nitrogens with zero attached hydrogens (tertiary/aromatic N) is 2. The Bertz CT molecular complexity index is 581. The van der Waals surface area contributed by atoms with E-state index in [1.807, 2.05) is 24.3 Å². The zero-order chi connectivity index (χ0) is 13.9. The van der Waals surface area contributed by atoms with E-state index in [1.54, 1.807) is 0 Å². The van der Waals surface area contributed by atoms with Crippen LogP contribution in [0.5, 0.6) is 0 Å². The predicted octanol–water partition coefficient (Wildman–Crippen LogP) is 1.51. The number of fused-ring (bicyclic) bond motifs is 1. The zero-order valence-electron chi connectivity index (χ0n) is 10.9. The predicted molar refractivity (Wildman–Crippen MR) is 75.9 cm³/mol. The number of oxime groups is 1. The second kappa shape index (κ2) is 5.61. The van der Waals surface area contributed by atoms with Gasteiger partial charge in [-0.1, -0.05) is 23.4 Å². The van der Waals surface area contributed by atoms with E-state index < -0.39 is 9.84 Å². The third-order valence-electron chi connectivity index (χ3n) is 3.24. The molecule has 0 aromatic heterocycles. The van der Waals surface area contributed by atoms with Gasteiger partial charge in [0.15, 0.2) is 0 Å². The Morgan fingerprint density at radius 1 is 1.37 bits per heavy atom. The molecule has 1 aliphatic rings. The highest BCUT2D eigenvalue weighted by molar-refractivity contribution is 7.90. The lowest BCUT2D eigenvalue weighted by Gasteiger charge is -2.31. The molecular formula is C13H18N2O3S. The van der Waals surface area contributed by atoms with Crippen LogP contribution in [0.1, 0.15) is 18.4 Å². The molecule has 2 rings (SSSR count). The van der Waals surface area contributed by atoms with E-state index in [0.717, 1.165) is 17.8 Å². The van der Waals surface area contributed by atoms with Gasteiger partial charge in [-0.05, 0) is 12.5 Å². The van der Waals surface area contributed by atoms with Crippen molar-refractivity contribution in [2.75, 3.05) is 30.0 Å². The van der Waals surface area contributed by atoms with Gasteiger partial charge in [-0.25, -0.2) is 8.42 Å². The van der Waals surface area contributed by atoms with Crippen molar-refractivity contribution in [3.05, 3.63) is 29.8 Å². The van der Waals surface area contributed by atoms with E-state index in [4.69, 9.17) is 5.21 Å². The maximum absolute atomic E-state index is 11.1. The Balaban J connectivity index is 2.12. The van der Waals surface area contributed by atoms with Crippen molar-refractivity contribution in [2.45, 2.75) is 12.8 Å². The first-order valence-electron chi connectivity index (χ1n) is 6.24. The molecule has 1 aromatic carbocycles. The Labute approximate surface area is 113 Å². The Morgan fingerprint density at radius 3 is 2.79 bits per heavy atom. The minimum Gasteiger partial charge on any atom is -0.411 e. The molecule has 5 nitrogen and oxygen atoms in total. The maximum Gasteiger partial charge on any atom is 0.147 e. The SMILES string of the molecule is CS(=O)(=O)CCCN1CCC(=NO)c2ccccc21. The van der Waals surface area contributed by atoms with Gasteiger partial charge in [-0.15, -0.1) is 0 Å². The monoisotopic (exact) mass is 282 g/mol. The molecule has 0 unspecified atom stereocenters. The summed E-state index contributed by atoms with van der Waals surface area (Å²) in [5, 5.41) is 12.3. The number of anilines is 1. The zero-order valence-corrected chi connectivity index (χ0v) is 11.7. The largest absolute Gasteiger partial charge is 0.411 e. The highest BCUT2D eigenvalue weighted by Crippen LogP contribution is 2.27. The molecule has 0 atom stereocenters. The first-order chi connectivity index (χ1) is 9.01. The molecule has 0 amide bonds. The molecule has 19 heavy (non-hydrogen) atoms. The first kappa shape index (κ1) is 13.9. The van der Waals surface area contributed by atoms with E-state index in [0.29, 0.717) is 25.1 Å². The van der Waals surface area contributed by atoms with Gasteiger partial charge in [0, 0.05) is 37.0 Å². The van der Waals surface area contributed by atoms with Gasteiger partial charge in [0.05, 0.1) is 11.5 Å². The summed E-state index contributed by atoms with van der Waals surface area (Å²) in [5.41, 5.74) is 2.63. The van der Waals surface area contributed by atoms with Crippen molar-refractivity contribution in [3.63, 3.8) is 0 Å². The molecule has 0 radical (unpaired) electrons. The Morgan fingerprint density at radius 2 is 2.11 bits per heavy atom. The third kappa shape index (κ3) is 3.47. The summed E-state index contributed by atoms with van der Waals surface area (Å²) < 4.78 is 22.3. The van der Waals surface area contributed by atoms with Crippen LogP contribution in [-0.2, 0) is 9.84 Å². The molecule has 0 saturated carbocycles. The van der Waals surface area contributed by atoms with E-state index in [1.165, 1.54) is 6.26 Å². The van der Waals surface area contributed by atoms with Gasteiger partial charge in [-0.3, -0.25) is 0 Å². The van der Waals surface area contributed by atoms with Gasteiger partial charge in [0.2, 0.25) is 0 Å². The average molecular weight is 282 g/mol. The summed E-state index contributed by atoms with van der Waals surface area (Å²) in [6.45, 7) is 1.45. The fourth-order valence-corrected chi connectivity index (χ4v) is 3.00. The van der Waals surface area contributed by atoms with Crippen LogP contribution in [0.2, 0.25) is 0 Å². The summed E-state index contributed by atoms with van der Waals surface area (Å²) in [5.74, 6) is 0.201. The van der Waals surface area contributed by atoms with Crippen molar-refractivity contribution in [1.29, 1.82) is 0 Å². The third-order valence-corrected chi connectivity index (χ3v) is 4.27. The molecule has 1 N–H and O–H groups in total. The molecule has 0 aliphatic carbocycles. The second-order valence-corrected chi connectivity index (χ2v) is 7.04. The smallest absolute Gasteiger partial charge is 0.147 e. The van der Waals surface area contributed by atoms with Crippen molar-refractivity contribution in [2.24, 2.45) is 5.16 Å². The highest BCUT2D eigenvalue weighted by atomic mass is 32.2. The van der Waals surface area contributed by atoms with Crippen LogP contribution in [0.25, 0.3) is 0 Å². The molecule has 0 saturated heterocycles. The first-order valence-corrected chi connectivity index (χ1v) is 8.30.